The standard InChI is InChI=1S/C19H25N5O2/c20-13-16-17(22-9-8-21-16)23-10-5-19(6-11-23)7-12-24(18(19)26)14-1-3-15(25)4-2-14/h8-9,14-15,25H,1-7,10-12H2. The molecule has 7 nitrogen and oxygen atoms in total. The van der Waals surface area contributed by atoms with Crippen molar-refractivity contribution in [1.82, 2.24) is 14.9 Å². The molecule has 2 aliphatic heterocycles. The second-order valence-corrected chi connectivity index (χ2v) is 7.82. The minimum absolute atomic E-state index is 0.192. The molecule has 1 aromatic heterocycles. The summed E-state index contributed by atoms with van der Waals surface area (Å²) in [5, 5.41) is 19.0. The van der Waals surface area contributed by atoms with Gasteiger partial charge in [0.2, 0.25) is 5.91 Å². The number of nitrogens with zero attached hydrogens (tertiary/aromatic N) is 5. The van der Waals surface area contributed by atoms with Crippen molar-refractivity contribution in [1.29, 1.82) is 5.26 Å². The lowest BCUT2D eigenvalue weighted by molar-refractivity contribution is -0.139. The van der Waals surface area contributed by atoms with E-state index in [0.717, 1.165) is 64.6 Å². The van der Waals surface area contributed by atoms with Gasteiger partial charge in [-0.05, 0) is 44.9 Å². The van der Waals surface area contributed by atoms with Gasteiger partial charge in [-0.1, -0.05) is 0 Å². The van der Waals surface area contributed by atoms with E-state index in [1.807, 2.05) is 0 Å². The van der Waals surface area contributed by atoms with E-state index >= 15 is 0 Å². The summed E-state index contributed by atoms with van der Waals surface area (Å²) in [6.45, 7) is 2.31. The average Bonchev–Trinajstić information content (AvgIpc) is 2.99. The molecule has 1 aromatic rings. The van der Waals surface area contributed by atoms with E-state index in [1.165, 1.54) is 6.20 Å². The van der Waals surface area contributed by atoms with Crippen LogP contribution in [0.4, 0.5) is 5.82 Å². The molecule has 7 heteroatoms. The van der Waals surface area contributed by atoms with Crippen LogP contribution in [0.5, 0.6) is 0 Å². The third-order valence-corrected chi connectivity index (χ3v) is 6.46. The van der Waals surface area contributed by atoms with Crippen LogP contribution in [0.15, 0.2) is 12.4 Å². The molecule has 1 spiro atoms. The lowest BCUT2D eigenvalue weighted by Crippen LogP contribution is -2.47. The Labute approximate surface area is 153 Å². The second-order valence-electron chi connectivity index (χ2n) is 7.82. The van der Waals surface area contributed by atoms with Crippen molar-refractivity contribution >= 4 is 11.7 Å². The van der Waals surface area contributed by atoms with Crippen LogP contribution in [0, 0.1) is 16.7 Å². The predicted molar refractivity (Wildman–Crippen MR) is 95.2 cm³/mol. The molecule has 0 radical (unpaired) electrons. The topological polar surface area (TPSA) is 93.3 Å². The highest BCUT2D eigenvalue weighted by Crippen LogP contribution is 2.44. The molecule has 1 aliphatic carbocycles. The van der Waals surface area contributed by atoms with Crippen molar-refractivity contribution in [3.63, 3.8) is 0 Å². The fourth-order valence-corrected chi connectivity index (χ4v) is 4.82. The highest BCUT2D eigenvalue weighted by atomic mass is 16.3. The summed E-state index contributed by atoms with van der Waals surface area (Å²) in [5.41, 5.74) is 0.102. The van der Waals surface area contributed by atoms with E-state index in [9.17, 15) is 15.2 Å². The fourth-order valence-electron chi connectivity index (χ4n) is 4.82. The lowest BCUT2D eigenvalue weighted by Gasteiger charge is -2.40. The number of carbonyl (C=O) groups excluding carboxylic acids is 1. The molecule has 3 fully saturated rings. The number of rotatable bonds is 2. The van der Waals surface area contributed by atoms with Crippen LogP contribution in [0.25, 0.3) is 0 Å². The highest BCUT2D eigenvalue weighted by molar-refractivity contribution is 5.85. The first-order chi connectivity index (χ1) is 12.6. The number of aliphatic hydroxyl groups is 1. The van der Waals surface area contributed by atoms with Crippen LogP contribution in [0.1, 0.15) is 50.6 Å². The maximum atomic E-state index is 13.2. The van der Waals surface area contributed by atoms with Crippen LogP contribution in [0.3, 0.4) is 0 Å². The zero-order chi connectivity index (χ0) is 18.1. The number of aromatic nitrogens is 2. The molecule has 0 atom stereocenters. The molecule has 2 saturated heterocycles. The molecule has 0 unspecified atom stereocenters. The number of piperidine rings is 1. The van der Waals surface area contributed by atoms with E-state index in [0.29, 0.717) is 23.5 Å². The first-order valence-electron chi connectivity index (χ1n) is 9.58. The van der Waals surface area contributed by atoms with Crippen LogP contribution in [-0.2, 0) is 4.79 Å². The molecular weight excluding hydrogens is 330 g/mol. The van der Waals surface area contributed by atoms with E-state index in [1.54, 1.807) is 6.20 Å². The molecule has 138 valence electrons. The number of carbonyl (C=O) groups is 1. The van der Waals surface area contributed by atoms with Crippen molar-refractivity contribution in [2.24, 2.45) is 5.41 Å². The number of nitriles is 1. The Kier molecular flexibility index (Phi) is 4.53. The Bertz CT molecular complexity index is 715. The predicted octanol–water partition coefficient (Wildman–Crippen LogP) is 1.47. The highest BCUT2D eigenvalue weighted by Gasteiger charge is 2.50. The molecule has 0 bridgehead atoms. The third-order valence-electron chi connectivity index (χ3n) is 6.46. The van der Waals surface area contributed by atoms with Gasteiger partial charge in [-0.25, -0.2) is 9.97 Å². The Balaban J connectivity index is 1.42. The summed E-state index contributed by atoms with van der Waals surface area (Å²) < 4.78 is 0. The van der Waals surface area contributed by atoms with E-state index in [-0.39, 0.29) is 11.5 Å². The Morgan fingerprint density at radius 1 is 1.08 bits per heavy atom. The summed E-state index contributed by atoms with van der Waals surface area (Å²) in [7, 11) is 0. The van der Waals surface area contributed by atoms with Crippen molar-refractivity contribution in [2.75, 3.05) is 24.5 Å². The van der Waals surface area contributed by atoms with Crippen molar-refractivity contribution in [2.45, 2.75) is 57.1 Å². The summed E-state index contributed by atoms with van der Waals surface area (Å²) in [6.07, 6.45) is 8.93. The van der Waals surface area contributed by atoms with Gasteiger partial charge in [0, 0.05) is 38.1 Å². The minimum Gasteiger partial charge on any atom is -0.393 e. The largest absolute Gasteiger partial charge is 0.393 e. The number of hydrogen-bond acceptors (Lipinski definition) is 6. The van der Waals surface area contributed by atoms with Gasteiger partial charge in [-0.15, -0.1) is 0 Å². The molecule has 3 heterocycles. The number of amides is 1. The van der Waals surface area contributed by atoms with E-state index in [2.05, 4.69) is 25.8 Å². The normalized spacial score (nSPS) is 28.4. The number of aliphatic hydroxyl groups excluding tert-OH is 1. The van der Waals surface area contributed by atoms with Gasteiger partial charge in [0.25, 0.3) is 0 Å². The van der Waals surface area contributed by atoms with E-state index < -0.39 is 0 Å². The zero-order valence-electron chi connectivity index (χ0n) is 15.0. The van der Waals surface area contributed by atoms with Gasteiger partial charge in [-0.3, -0.25) is 4.79 Å². The first-order valence-corrected chi connectivity index (χ1v) is 9.58. The molecule has 1 amide bonds. The minimum atomic E-state index is -0.248. The summed E-state index contributed by atoms with van der Waals surface area (Å²) in [5.74, 6) is 0.937. The number of anilines is 1. The van der Waals surface area contributed by atoms with Crippen molar-refractivity contribution in [3.8, 4) is 6.07 Å². The zero-order valence-corrected chi connectivity index (χ0v) is 15.0. The summed E-state index contributed by atoms with van der Waals surface area (Å²) in [4.78, 5) is 25.8. The van der Waals surface area contributed by atoms with Crippen molar-refractivity contribution < 1.29 is 9.90 Å². The molecule has 26 heavy (non-hydrogen) atoms. The summed E-state index contributed by atoms with van der Waals surface area (Å²) in [6, 6.07) is 2.40. The van der Waals surface area contributed by atoms with Gasteiger partial charge in [0.05, 0.1) is 11.5 Å². The third kappa shape index (κ3) is 2.92. The maximum Gasteiger partial charge on any atom is 0.229 e. The number of hydrogen-bond donors (Lipinski definition) is 1. The van der Waals surface area contributed by atoms with Crippen LogP contribution in [0.2, 0.25) is 0 Å². The van der Waals surface area contributed by atoms with Crippen LogP contribution in [-0.4, -0.2) is 57.7 Å². The molecule has 0 aromatic carbocycles. The molecule has 1 saturated carbocycles. The van der Waals surface area contributed by atoms with Gasteiger partial charge in [-0.2, -0.15) is 5.26 Å². The second kappa shape index (κ2) is 6.84. The fraction of sp³-hybridized carbons (Fsp3) is 0.684. The smallest absolute Gasteiger partial charge is 0.229 e. The summed E-state index contributed by atoms with van der Waals surface area (Å²) >= 11 is 0. The monoisotopic (exact) mass is 355 g/mol. The van der Waals surface area contributed by atoms with Crippen molar-refractivity contribution in [3.05, 3.63) is 18.1 Å². The van der Waals surface area contributed by atoms with Gasteiger partial charge >= 0.3 is 0 Å². The molecular formula is C19H25N5O2. The van der Waals surface area contributed by atoms with Crippen LogP contribution < -0.4 is 4.90 Å². The Hall–Kier alpha value is -2.20. The molecule has 1 N–H and O–H groups in total. The van der Waals surface area contributed by atoms with Gasteiger partial charge in [0.15, 0.2) is 11.5 Å². The molecule has 4 rings (SSSR count). The maximum absolute atomic E-state index is 13.2. The Morgan fingerprint density at radius 2 is 1.73 bits per heavy atom. The average molecular weight is 355 g/mol. The van der Waals surface area contributed by atoms with Gasteiger partial charge in [0.1, 0.15) is 6.07 Å². The first kappa shape index (κ1) is 17.2. The van der Waals surface area contributed by atoms with Crippen LogP contribution >= 0.6 is 0 Å². The Morgan fingerprint density at radius 3 is 2.42 bits per heavy atom. The quantitative estimate of drug-likeness (QED) is 0.863. The van der Waals surface area contributed by atoms with E-state index in [4.69, 9.17) is 0 Å². The SMILES string of the molecule is N#Cc1nccnc1N1CCC2(CC1)CCN(C1CCC(O)CC1)C2=O. The van der Waals surface area contributed by atoms with Gasteiger partial charge < -0.3 is 14.9 Å². The molecule has 3 aliphatic rings. The lowest BCUT2D eigenvalue weighted by atomic mass is 9.77. The number of likely N-dealkylation sites (tertiary alicyclic amines) is 1.